The number of aliphatic hydroxyl groups is 1. The molecule has 1 aliphatic heterocycles. The number of hydrogen-bond donors (Lipinski definition) is 2. The van der Waals surface area contributed by atoms with E-state index in [9.17, 15) is 18.3 Å². The summed E-state index contributed by atoms with van der Waals surface area (Å²) in [5, 5.41) is 9.99. The summed E-state index contributed by atoms with van der Waals surface area (Å²) in [4.78, 5) is 27.3. The minimum Gasteiger partial charge on any atom is -0.476 e. The average molecular weight is 474 g/mol. The first-order valence-electron chi connectivity index (χ1n) is 11.0. The van der Waals surface area contributed by atoms with Gasteiger partial charge in [0.1, 0.15) is 12.3 Å². The highest BCUT2D eigenvalue weighted by Gasteiger charge is 2.57. The summed E-state index contributed by atoms with van der Waals surface area (Å²) in [5.74, 6) is 0.0296. The molecule has 10 nitrogen and oxygen atoms in total. The fourth-order valence-corrected chi connectivity index (χ4v) is 6.07. The average Bonchev–Trinajstić information content (AvgIpc) is 2.68. The number of hydrogen-bond acceptors (Lipinski definition) is 8. The predicted molar refractivity (Wildman–Crippen MR) is 118 cm³/mol. The molecule has 5 rings (SSSR count). The predicted octanol–water partition coefficient (Wildman–Crippen LogP) is 1.84. The lowest BCUT2D eigenvalue weighted by molar-refractivity contribution is -0.142. The van der Waals surface area contributed by atoms with Crippen molar-refractivity contribution in [3.63, 3.8) is 0 Å². The van der Waals surface area contributed by atoms with E-state index in [1.807, 2.05) is 13.8 Å². The number of ether oxygens (including phenoxy) is 1. The van der Waals surface area contributed by atoms with E-state index in [2.05, 4.69) is 19.7 Å². The van der Waals surface area contributed by atoms with Crippen molar-refractivity contribution in [3.05, 3.63) is 36.2 Å². The van der Waals surface area contributed by atoms with E-state index in [0.717, 1.165) is 25.7 Å². The van der Waals surface area contributed by atoms with Crippen LogP contribution in [0, 0.1) is 11.3 Å². The second-order valence-corrected chi connectivity index (χ2v) is 11.5. The van der Waals surface area contributed by atoms with Crippen LogP contribution in [0.25, 0.3) is 0 Å². The molecule has 33 heavy (non-hydrogen) atoms. The number of rotatable bonds is 2. The van der Waals surface area contributed by atoms with Crippen LogP contribution in [0.3, 0.4) is 0 Å². The molecular formula is C22H27N5O5S. The van der Waals surface area contributed by atoms with E-state index in [4.69, 9.17) is 4.74 Å². The molecule has 0 unspecified atom stereocenters. The smallest absolute Gasteiger partial charge is 0.281 e. The number of anilines is 1. The number of pyridine rings is 1. The Morgan fingerprint density at radius 1 is 1.18 bits per heavy atom. The van der Waals surface area contributed by atoms with Gasteiger partial charge in [0.2, 0.25) is 11.8 Å². The SMILES string of the molecule is CC(C)(O)C1CC2(CC(N3CCOc4ccnc(n4)NS(=O)(=O)c4cccc(n4)C3=O)C2)C1. The summed E-state index contributed by atoms with van der Waals surface area (Å²) >= 11 is 0. The Labute approximate surface area is 192 Å². The molecule has 0 atom stereocenters. The van der Waals surface area contributed by atoms with Gasteiger partial charge in [0, 0.05) is 18.3 Å². The number of fused-ring (bicyclic) bond motifs is 4. The van der Waals surface area contributed by atoms with E-state index in [1.54, 1.807) is 4.90 Å². The van der Waals surface area contributed by atoms with Gasteiger partial charge < -0.3 is 14.7 Å². The van der Waals surface area contributed by atoms with E-state index in [0.29, 0.717) is 6.54 Å². The Hall–Kier alpha value is -2.79. The number of nitrogens with one attached hydrogen (secondary N) is 1. The Kier molecular flexibility index (Phi) is 5.09. The summed E-state index contributed by atoms with van der Waals surface area (Å²) in [6, 6.07) is 5.89. The Morgan fingerprint density at radius 3 is 2.67 bits per heavy atom. The van der Waals surface area contributed by atoms with Crippen LogP contribution < -0.4 is 9.46 Å². The molecule has 3 heterocycles. The van der Waals surface area contributed by atoms with Crippen molar-refractivity contribution in [2.24, 2.45) is 11.3 Å². The fourth-order valence-electron chi connectivity index (χ4n) is 5.15. The zero-order valence-electron chi connectivity index (χ0n) is 18.6. The lowest BCUT2D eigenvalue weighted by Crippen LogP contribution is -2.60. The van der Waals surface area contributed by atoms with Gasteiger partial charge >= 0.3 is 0 Å². The van der Waals surface area contributed by atoms with Gasteiger partial charge in [-0.05, 0) is 63.0 Å². The highest BCUT2D eigenvalue weighted by molar-refractivity contribution is 7.92. The molecule has 1 amide bonds. The minimum absolute atomic E-state index is 0.00938. The maximum atomic E-state index is 13.4. The summed E-state index contributed by atoms with van der Waals surface area (Å²) < 4.78 is 33.5. The van der Waals surface area contributed by atoms with Gasteiger partial charge in [-0.2, -0.15) is 13.4 Å². The third kappa shape index (κ3) is 4.15. The lowest BCUT2D eigenvalue weighted by Gasteiger charge is -2.62. The van der Waals surface area contributed by atoms with Crippen molar-refractivity contribution in [2.45, 2.75) is 56.2 Å². The summed E-state index contributed by atoms with van der Waals surface area (Å²) in [7, 11) is -4.08. The molecular weight excluding hydrogens is 446 g/mol. The quantitative estimate of drug-likeness (QED) is 0.675. The van der Waals surface area contributed by atoms with Gasteiger partial charge in [-0.15, -0.1) is 0 Å². The Bertz CT molecular complexity index is 1180. The molecule has 0 radical (unpaired) electrons. The third-order valence-corrected chi connectivity index (χ3v) is 8.28. The van der Waals surface area contributed by atoms with Gasteiger partial charge in [0.05, 0.1) is 12.1 Å². The van der Waals surface area contributed by atoms with Crippen LogP contribution in [0.2, 0.25) is 0 Å². The molecule has 2 N–H and O–H groups in total. The monoisotopic (exact) mass is 473 g/mol. The van der Waals surface area contributed by atoms with Gasteiger partial charge in [0.25, 0.3) is 15.9 Å². The summed E-state index contributed by atoms with van der Waals surface area (Å²) in [6.45, 7) is 4.21. The van der Waals surface area contributed by atoms with Crippen LogP contribution in [0.1, 0.15) is 50.0 Å². The highest BCUT2D eigenvalue weighted by Crippen LogP contribution is 2.62. The van der Waals surface area contributed by atoms with E-state index in [1.165, 1.54) is 30.5 Å². The molecule has 11 heteroatoms. The van der Waals surface area contributed by atoms with Crippen molar-refractivity contribution in [1.82, 2.24) is 19.9 Å². The number of nitrogens with zero attached hydrogens (tertiary/aromatic N) is 4. The second kappa shape index (κ2) is 7.63. The van der Waals surface area contributed by atoms with Crippen LogP contribution in [0.4, 0.5) is 5.95 Å². The van der Waals surface area contributed by atoms with Crippen molar-refractivity contribution in [2.75, 3.05) is 17.9 Å². The molecule has 2 aromatic rings. The zero-order valence-corrected chi connectivity index (χ0v) is 19.4. The maximum absolute atomic E-state index is 13.4. The molecule has 176 valence electrons. The number of amides is 1. The molecule has 1 spiro atoms. The maximum Gasteiger partial charge on any atom is 0.281 e. The molecule has 0 aromatic carbocycles. The van der Waals surface area contributed by atoms with Crippen molar-refractivity contribution in [3.8, 4) is 5.88 Å². The molecule has 0 saturated heterocycles. The Morgan fingerprint density at radius 2 is 1.94 bits per heavy atom. The first-order chi connectivity index (χ1) is 15.5. The molecule has 4 bridgehead atoms. The van der Waals surface area contributed by atoms with Gasteiger partial charge in [0.15, 0.2) is 5.03 Å². The van der Waals surface area contributed by atoms with Crippen LogP contribution in [0.15, 0.2) is 35.5 Å². The first-order valence-corrected chi connectivity index (χ1v) is 12.5. The zero-order chi connectivity index (χ0) is 23.4. The van der Waals surface area contributed by atoms with E-state index >= 15 is 0 Å². The van der Waals surface area contributed by atoms with Crippen molar-refractivity contribution >= 4 is 21.9 Å². The number of aromatic nitrogens is 3. The van der Waals surface area contributed by atoms with Gasteiger partial charge in [-0.25, -0.2) is 14.7 Å². The number of carbonyl (C=O) groups is 1. The first kappa shape index (κ1) is 22.0. The molecule has 2 saturated carbocycles. The van der Waals surface area contributed by atoms with E-state index in [-0.39, 0.29) is 52.4 Å². The van der Waals surface area contributed by atoms with Gasteiger partial charge in [-0.3, -0.25) is 4.79 Å². The highest BCUT2D eigenvalue weighted by atomic mass is 32.2. The number of sulfonamides is 1. The van der Waals surface area contributed by atoms with Crippen molar-refractivity contribution in [1.29, 1.82) is 0 Å². The molecule has 2 aromatic heterocycles. The molecule has 2 aliphatic carbocycles. The molecule has 3 aliphatic rings. The minimum atomic E-state index is -4.08. The normalized spacial score (nSPS) is 28.8. The lowest BCUT2D eigenvalue weighted by atomic mass is 9.47. The largest absolute Gasteiger partial charge is 0.476 e. The van der Waals surface area contributed by atoms with Gasteiger partial charge in [-0.1, -0.05) is 6.07 Å². The second-order valence-electron chi connectivity index (χ2n) is 9.85. The fraction of sp³-hybridized carbons (Fsp3) is 0.545. The Balaban J connectivity index is 1.41. The van der Waals surface area contributed by atoms with Crippen LogP contribution in [-0.2, 0) is 10.0 Å². The van der Waals surface area contributed by atoms with Crippen LogP contribution in [-0.4, -0.2) is 64.1 Å². The van der Waals surface area contributed by atoms with Crippen LogP contribution in [0.5, 0.6) is 5.88 Å². The molecule has 2 fully saturated rings. The number of carbonyl (C=O) groups excluding carboxylic acids is 1. The third-order valence-electron chi connectivity index (χ3n) is 7.05. The van der Waals surface area contributed by atoms with E-state index < -0.39 is 15.6 Å². The standard InChI is InChI=1S/C22H27N5O5S/c1-21(2,29)14-10-22(11-14)12-15(13-22)27-8-9-32-17-6-7-23-20(25-17)26-33(30,31)18-5-3-4-16(24-18)19(27)28/h3-7,14-15,29H,8-13H2,1-2H3,(H,23,25,26). The van der Waals surface area contributed by atoms with Crippen LogP contribution >= 0.6 is 0 Å². The summed E-state index contributed by atoms with van der Waals surface area (Å²) in [5.41, 5.74) is -0.456. The summed E-state index contributed by atoms with van der Waals surface area (Å²) in [6.07, 6.45) is 5.00. The topological polar surface area (TPSA) is 135 Å². The van der Waals surface area contributed by atoms with Crippen molar-refractivity contribution < 1.29 is 23.1 Å².